The van der Waals surface area contributed by atoms with E-state index in [-0.39, 0.29) is 17.3 Å². The van der Waals surface area contributed by atoms with Crippen LogP contribution in [0.3, 0.4) is 0 Å². The van der Waals surface area contributed by atoms with Crippen molar-refractivity contribution >= 4 is 23.2 Å². The Kier molecular flexibility index (Phi) is 4.59. The molecule has 7 heteroatoms. The molecule has 0 aliphatic heterocycles. The Balaban J connectivity index is 2.06. The number of nitro groups is 1. The second-order valence-electron chi connectivity index (χ2n) is 4.59. The third-order valence-electron chi connectivity index (χ3n) is 3.03. The largest absolute Gasteiger partial charge is 0.347 e. The fourth-order valence-electron chi connectivity index (χ4n) is 1.97. The zero-order chi connectivity index (χ0) is 15.4. The maximum atomic E-state index is 12.0. The SMILES string of the molecule is Cn1cc([N+](=O)[O-])cc1C(=O)NCc1cccc(CCl)c1. The van der Waals surface area contributed by atoms with Gasteiger partial charge in [0.1, 0.15) is 5.69 Å². The Labute approximate surface area is 126 Å². The lowest BCUT2D eigenvalue weighted by molar-refractivity contribution is -0.384. The number of hydrogen-bond acceptors (Lipinski definition) is 3. The van der Waals surface area contributed by atoms with Crippen LogP contribution in [-0.4, -0.2) is 15.4 Å². The summed E-state index contributed by atoms with van der Waals surface area (Å²) in [5.41, 5.74) is 2.03. The molecule has 1 amide bonds. The molecule has 110 valence electrons. The highest BCUT2D eigenvalue weighted by Crippen LogP contribution is 2.15. The molecule has 21 heavy (non-hydrogen) atoms. The molecule has 0 radical (unpaired) electrons. The molecule has 1 aromatic carbocycles. The molecule has 1 N–H and O–H groups in total. The number of carbonyl (C=O) groups excluding carboxylic acids is 1. The van der Waals surface area contributed by atoms with Gasteiger partial charge >= 0.3 is 0 Å². The van der Waals surface area contributed by atoms with Gasteiger partial charge in [-0.2, -0.15) is 0 Å². The van der Waals surface area contributed by atoms with E-state index in [9.17, 15) is 14.9 Å². The van der Waals surface area contributed by atoms with E-state index in [2.05, 4.69) is 5.32 Å². The van der Waals surface area contributed by atoms with Gasteiger partial charge in [-0.15, -0.1) is 11.6 Å². The first-order valence-corrected chi connectivity index (χ1v) is 6.77. The Bertz CT molecular complexity index is 682. The van der Waals surface area contributed by atoms with Crippen LogP contribution in [0.1, 0.15) is 21.6 Å². The number of aromatic nitrogens is 1. The predicted octanol–water partition coefficient (Wildman–Crippen LogP) is 2.60. The van der Waals surface area contributed by atoms with Gasteiger partial charge in [-0.1, -0.05) is 24.3 Å². The van der Waals surface area contributed by atoms with Gasteiger partial charge in [0.2, 0.25) is 0 Å². The fraction of sp³-hybridized carbons (Fsp3) is 0.214. The molecule has 0 aliphatic rings. The first-order valence-electron chi connectivity index (χ1n) is 6.24. The van der Waals surface area contributed by atoms with Gasteiger partial charge in [0.25, 0.3) is 11.6 Å². The zero-order valence-electron chi connectivity index (χ0n) is 11.4. The van der Waals surface area contributed by atoms with Crippen molar-refractivity contribution in [3.8, 4) is 0 Å². The van der Waals surface area contributed by atoms with E-state index in [1.807, 2.05) is 24.3 Å². The Morgan fingerprint density at radius 2 is 2.10 bits per heavy atom. The smallest absolute Gasteiger partial charge is 0.287 e. The lowest BCUT2D eigenvalue weighted by atomic mass is 10.1. The quantitative estimate of drug-likeness (QED) is 0.524. The van der Waals surface area contributed by atoms with Crippen LogP contribution in [0.15, 0.2) is 36.5 Å². The lowest BCUT2D eigenvalue weighted by Gasteiger charge is -2.06. The van der Waals surface area contributed by atoms with Crippen LogP contribution in [0.5, 0.6) is 0 Å². The number of halogens is 1. The number of hydrogen-bond donors (Lipinski definition) is 1. The van der Waals surface area contributed by atoms with Crippen molar-refractivity contribution in [3.63, 3.8) is 0 Å². The summed E-state index contributed by atoms with van der Waals surface area (Å²) < 4.78 is 1.43. The highest BCUT2D eigenvalue weighted by atomic mass is 35.5. The molecule has 0 atom stereocenters. The molecule has 0 aliphatic carbocycles. The van der Waals surface area contributed by atoms with Gasteiger partial charge in [0.15, 0.2) is 0 Å². The van der Waals surface area contributed by atoms with E-state index in [0.29, 0.717) is 12.4 Å². The normalized spacial score (nSPS) is 10.4. The van der Waals surface area contributed by atoms with Gasteiger partial charge < -0.3 is 9.88 Å². The molecular formula is C14H14ClN3O3. The van der Waals surface area contributed by atoms with E-state index in [1.54, 1.807) is 7.05 Å². The van der Waals surface area contributed by atoms with E-state index >= 15 is 0 Å². The number of aryl methyl sites for hydroxylation is 1. The van der Waals surface area contributed by atoms with Crippen LogP contribution in [-0.2, 0) is 19.5 Å². The molecule has 0 bridgehead atoms. The molecule has 1 aromatic heterocycles. The van der Waals surface area contributed by atoms with Crippen LogP contribution in [0, 0.1) is 10.1 Å². The number of alkyl halides is 1. The van der Waals surface area contributed by atoms with Gasteiger partial charge in [-0.05, 0) is 11.1 Å². The molecule has 2 rings (SSSR count). The summed E-state index contributed by atoms with van der Waals surface area (Å²) in [6, 6.07) is 8.81. The minimum absolute atomic E-state index is 0.105. The standard InChI is InChI=1S/C14H14ClN3O3/c1-17-9-12(18(20)21)6-13(17)14(19)16-8-11-4-2-3-10(5-11)7-15/h2-6,9H,7-8H2,1H3,(H,16,19). The van der Waals surface area contributed by atoms with Crippen LogP contribution in [0.25, 0.3) is 0 Å². The molecule has 0 fully saturated rings. The predicted molar refractivity (Wildman–Crippen MR) is 79.2 cm³/mol. The molecular weight excluding hydrogens is 294 g/mol. The average molecular weight is 308 g/mol. The van der Waals surface area contributed by atoms with Crippen molar-refractivity contribution in [1.82, 2.24) is 9.88 Å². The van der Waals surface area contributed by atoms with Gasteiger partial charge in [0, 0.05) is 25.5 Å². The number of carbonyl (C=O) groups is 1. The maximum Gasteiger partial charge on any atom is 0.287 e. The van der Waals surface area contributed by atoms with Crippen LogP contribution >= 0.6 is 11.6 Å². The number of nitrogens with one attached hydrogen (secondary N) is 1. The monoisotopic (exact) mass is 307 g/mol. The fourth-order valence-corrected chi connectivity index (χ4v) is 2.13. The lowest BCUT2D eigenvalue weighted by Crippen LogP contribution is -2.24. The van der Waals surface area contributed by atoms with Crippen LogP contribution < -0.4 is 5.32 Å². The molecule has 1 heterocycles. The second-order valence-corrected chi connectivity index (χ2v) is 4.86. The summed E-state index contributed by atoms with van der Waals surface area (Å²) >= 11 is 5.76. The maximum absolute atomic E-state index is 12.0. The Morgan fingerprint density at radius 3 is 2.71 bits per heavy atom. The van der Waals surface area contributed by atoms with Crippen molar-refractivity contribution < 1.29 is 9.72 Å². The second kappa shape index (κ2) is 6.41. The van der Waals surface area contributed by atoms with Gasteiger partial charge in [0.05, 0.1) is 11.1 Å². The van der Waals surface area contributed by atoms with Crippen LogP contribution in [0.2, 0.25) is 0 Å². The molecule has 6 nitrogen and oxygen atoms in total. The summed E-state index contributed by atoms with van der Waals surface area (Å²) in [6.07, 6.45) is 1.31. The first-order chi connectivity index (χ1) is 10.0. The number of nitrogens with zero attached hydrogens (tertiary/aromatic N) is 2. The molecule has 0 unspecified atom stereocenters. The minimum atomic E-state index is -0.527. The van der Waals surface area contributed by atoms with Gasteiger partial charge in [-0.25, -0.2) is 0 Å². The van der Waals surface area contributed by atoms with Gasteiger partial charge in [-0.3, -0.25) is 14.9 Å². The highest BCUT2D eigenvalue weighted by molar-refractivity contribution is 6.17. The topological polar surface area (TPSA) is 77.2 Å². The third kappa shape index (κ3) is 3.61. The molecule has 0 saturated carbocycles. The minimum Gasteiger partial charge on any atom is -0.347 e. The Hall–Kier alpha value is -2.34. The zero-order valence-corrected chi connectivity index (χ0v) is 12.1. The van der Waals surface area contributed by atoms with Crippen molar-refractivity contribution in [3.05, 3.63) is 63.5 Å². The summed E-state index contributed by atoms with van der Waals surface area (Å²) in [4.78, 5) is 22.2. The van der Waals surface area contributed by atoms with Crippen molar-refractivity contribution in [2.24, 2.45) is 7.05 Å². The summed E-state index contributed by atoms with van der Waals surface area (Å²) in [5.74, 6) is 0.0491. The van der Waals surface area contributed by atoms with E-state index in [0.717, 1.165) is 11.1 Å². The van der Waals surface area contributed by atoms with E-state index < -0.39 is 4.92 Å². The highest BCUT2D eigenvalue weighted by Gasteiger charge is 2.17. The first kappa shape index (κ1) is 15.1. The van der Waals surface area contributed by atoms with Crippen molar-refractivity contribution in [2.45, 2.75) is 12.4 Å². The van der Waals surface area contributed by atoms with Crippen molar-refractivity contribution in [1.29, 1.82) is 0 Å². The van der Waals surface area contributed by atoms with E-state index in [1.165, 1.54) is 16.8 Å². The summed E-state index contributed by atoms with van der Waals surface area (Å²) in [5, 5.41) is 13.4. The number of benzene rings is 1. The molecule has 0 saturated heterocycles. The van der Waals surface area contributed by atoms with Crippen LogP contribution in [0.4, 0.5) is 5.69 Å². The average Bonchev–Trinajstić information content (AvgIpc) is 2.87. The molecule has 2 aromatic rings. The third-order valence-corrected chi connectivity index (χ3v) is 3.34. The Morgan fingerprint density at radius 1 is 1.38 bits per heavy atom. The molecule has 0 spiro atoms. The summed E-state index contributed by atoms with van der Waals surface area (Å²) in [6.45, 7) is 0.336. The van der Waals surface area contributed by atoms with Crippen molar-refractivity contribution in [2.75, 3.05) is 0 Å². The van der Waals surface area contributed by atoms with E-state index in [4.69, 9.17) is 11.6 Å². The number of amides is 1. The summed E-state index contributed by atoms with van der Waals surface area (Å²) in [7, 11) is 1.59. The number of rotatable bonds is 5.